The molecule has 2 aromatic carbocycles. The molecule has 4 rings (SSSR count). The lowest BCUT2D eigenvalue weighted by molar-refractivity contribution is 0.0946. The summed E-state index contributed by atoms with van der Waals surface area (Å²) < 4.78 is 41.2. The van der Waals surface area contributed by atoms with Gasteiger partial charge in [-0.2, -0.15) is 0 Å². The number of carbonyl (C=O) groups excluding carboxylic acids is 1. The number of rotatable bonds is 4. The molecular weight excluding hydrogens is 411 g/mol. The topological polar surface area (TPSA) is 84.2 Å². The van der Waals surface area contributed by atoms with Gasteiger partial charge in [-0.25, -0.2) is 18.2 Å². The number of carbonyl (C=O) groups is 1. The number of benzene rings is 2. The molecule has 2 N–H and O–H groups in total. The van der Waals surface area contributed by atoms with E-state index in [1.165, 1.54) is 30.5 Å². The summed E-state index contributed by atoms with van der Waals surface area (Å²) in [5.41, 5.74) is -1.04. The van der Waals surface area contributed by atoms with Crippen molar-refractivity contribution in [2.75, 3.05) is 0 Å². The van der Waals surface area contributed by atoms with Crippen molar-refractivity contribution in [2.45, 2.75) is 6.54 Å². The maximum atomic E-state index is 13.4. The van der Waals surface area contributed by atoms with Gasteiger partial charge in [0.2, 0.25) is 0 Å². The molecule has 31 heavy (non-hydrogen) atoms. The van der Waals surface area contributed by atoms with Crippen molar-refractivity contribution >= 4 is 16.9 Å². The van der Waals surface area contributed by atoms with E-state index in [1.54, 1.807) is 0 Å². The van der Waals surface area contributed by atoms with Gasteiger partial charge in [0.1, 0.15) is 28.8 Å². The monoisotopic (exact) mass is 425 g/mol. The maximum Gasteiger partial charge on any atom is 0.273 e. The normalized spacial score (nSPS) is 10.9. The summed E-state index contributed by atoms with van der Waals surface area (Å²) in [5, 5.41) is 13.1. The van der Waals surface area contributed by atoms with E-state index in [-0.39, 0.29) is 28.8 Å². The van der Waals surface area contributed by atoms with Crippen LogP contribution in [0.15, 0.2) is 65.6 Å². The predicted molar refractivity (Wildman–Crippen MR) is 106 cm³/mol. The Morgan fingerprint density at radius 2 is 1.68 bits per heavy atom. The number of nitrogens with one attached hydrogen (secondary N) is 1. The second-order valence-corrected chi connectivity index (χ2v) is 6.68. The molecule has 0 unspecified atom stereocenters. The summed E-state index contributed by atoms with van der Waals surface area (Å²) in [7, 11) is 0. The van der Waals surface area contributed by atoms with E-state index in [1.807, 2.05) is 0 Å². The number of hydrogen-bond acceptors (Lipinski definition) is 4. The van der Waals surface area contributed by atoms with E-state index >= 15 is 0 Å². The number of pyridine rings is 2. The SMILES string of the molecule is O=C(NCc1cc(F)cc(F)c1)c1c(O)c2cccnc2n(-c2ccc(F)cc2)c1=O. The number of fused-ring (bicyclic) bond motifs is 1. The van der Waals surface area contributed by atoms with Gasteiger partial charge in [-0.3, -0.25) is 14.2 Å². The zero-order valence-corrected chi connectivity index (χ0v) is 15.8. The van der Waals surface area contributed by atoms with Gasteiger partial charge in [0.05, 0.1) is 11.1 Å². The summed E-state index contributed by atoms with van der Waals surface area (Å²) in [6, 6.07) is 10.7. The zero-order chi connectivity index (χ0) is 22.1. The Kier molecular flexibility index (Phi) is 5.16. The lowest BCUT2D eigenvalue weighted by Crippen LogP contribution is -2.33. The molecule has 2 heterocycles. The third kappa shape index (κ3) is 3.85. The fourth-order valence-corrected chi connectivity index (χ4v) is 3.22. The highest BCUT2D eigenvalue weighted by atomic mass is 19.1. The van der Waals surface area contributed by atoms with Crippen LogP contribution < -0.4 is 10.9 Å². The van der Waals surface area contributed by atoms with Gasteiger partial charge in [-0.1, -0.05) is 0 Å². The van der Waals surface area contributed by atoms with Gasteiger partial charge in [-0.15, -0.1) is 0 Å². The Balaban J connectivity index is 1.81. The standard InChI is InChI=1S/C22H14F3N3O3/c23-13-3-5-16(6-4-13)28-20-17(2-1-7-26-20)19(29)18(22(28)31)21(30)27-11-12-8-14(24)10-15(25)9-12/h1-10,29H,11H2,(H,27,30). The quantitative estimate of drug-likeness (QED) is 0.525. The summed E-state index contributed by atoms with van der Waals surface area (Å²) in [4.78, 5) is 30.0. The molecular formula is C22H14F3N3O3. The molecule has 0 spiro atoms. The number of nitrogens with zero attached hydrogens (tertiary/aromatic N) is 2. The minimum absolute atomic E-state index is 0.0698. The van der Waals surface area contributed by atoms with Crippen LogP contribution in [0.3, 0.4) is 0 Å². The Labute approximate surface area is 173 Å². The van der Waals surface area contributed by atoms with E-state index in [9.17, 15) is 27.9 Å². The molecule has 0 aliphatic carbocycles. The molecule has 0 aliphatic heterocycles. The highest BCUT2D eigenvalue weighted by molar-refractivity contribution is 6.02. The predicted octanol–water partition coefficient (Wildman–Crippen LogP) is 3.44. The Morgan fingerprint density at radius 3 is 2.35 bits per heavy atom. The Bertz CT molecular complexity index is 1350. The van der Waals surface area contributed by atoms with Crippen molar-refractivity contribution in [2.24, 2.45) is 0 Å². The van der Waals surface area contributed by atoms with Crippen LogP contribution in [0.2, 0.25) is 0 Å². The van der Waals surface area contributed by atoms with Gasteiger partial charge in [-0.05, 0) is 54.1 Å². The number of hydrogen-bond donors (Lipinski definition) is 2. The Morgan fingerprint density at radius 1 is 1.00 bits per heavy atom. The van der Waals surface area contributed by atoms with E-state index in [4.69, 9.17) is 0 Å². The summed E-state index contributed by atoms with van der Waals surface area (Å²) in [6.07, 6.45) is 1.40. The van der Waals surface area contributed by atoms with E-state index in [0.717, 1.165) is 28.8 Å². The highest BCUT2D eigenvalue weighted by Gasteiger charge is 2.23. The highest BCUT2D eigenvalue weighted by Crippen LogP contribution is 2.26. The second-order valence-electron chi connectivity index (χ2n) is 6.68. The van der Waals surface area contributed by atoms with Crippen LogP contribution in [0.4, 0.5) is 13.2 Å². The van der Waals surface area contributed by atoms with Crippen molar-refractivity contribution in [1.82, 2.24) is 14.9 Å². The van der Waals surface area contributed by atoms with Crippen LogP contribution in [0, 0.1) is 17.5 Å². The average molecular weight is 425 g/mol. The fourth-order valence-electron chi connectivity index (χ4n) is 3.22. The first-order chi connectivity index (χ1) is 14.8. The van der Waals surface area contributed by atoms with E-state index in [0.29, 0.717) is 6.07 Å². The van der Waals surface area contributed by atoms with Crippen molar-refractivity contribution < 1.29 is 23.1 Å². The molecule has 6 nitrogen and oxygen atoms in total. The van der Waals surface area contributed by atoms with Crippen LogP contribution in [-0.2, 0) is 6.54 Å². The fraction of sp³-hybridized carbons (Fsp3) is 0.0455. The molecule has 1 amide bonds. The average Bonchev–Trinajstić information content (AvgIpc) is 2.73. The van der Waals surface area contributed by atoms with Crippen LogP contribution in [0.5, 0.6) is 5.75 Å². The third-order valence-corrected chi connectivity index (χ3v) is 4.59. The first-order valence-electron chi connectivity index (χ1n) is 9.07. The number of aromatic nitrogens is 2. The van der Waals surface area contributed by atoms with Crippen LogP contribution >= 0.6 is 0 Å². The molecule has 2 aromatic heterocycles. The van der Waals surface area contributed by atoms with E-state index in [2.05, 4.69) is 10.3 Å². The van der Waals surface area contributed by atoms with E-state index < -0.39 is 40.2 Å². The van der Waals surface area contributed by atoms with Gasteiger partial charge in [0.15, 0.2) is 5.65 Å². The lowest BCUT2D eigenvalue weighted by Gasteiger charge is -2.14. The minimum atomic E-state index is -0.950. The van der Waals surface area contributed by atoms with Crippen molar-refractivity contribution in [3.8, 4) is 11.4 Å². The number of aromatic hydroxyl groups is 1. The van der Waals surface area contributed by atoms with Crippen molar-refractivity contribution in [1.29, 1.82) is 0 Å². The lowest BCUT2D eigenvalue weighted by atomic mass is 10.1. The van der Waals surface area contributed by atoms with Gasteiger partial charge in [0.25, 0.3) is 11.5 Å². The summed E-state index contributed by atoms with van der Waals surface area (Å²) in [5.74, 6) is -3.69. The number of halogens is 3. The second kappa shape index (κ2) is 7.94. The minimum Gasteiger partial charge on any atom is -0.506 e. The van der Waals surface area contributed by atoms with Crippen LogP contribution in [-0.4, -0.2) is 20.6 Å². The molecule has 9 heteroatoms. The van der Waals surface area contributed by atoms with Crippen molar-refractivity contribution in [3.63, 3.8) is 0 Å². The first kappa shape index (κ1) is 20.1. The Hall–Kier alpha value is -4.14. The first-order valence-corrected chi connectivity index (χ1v) is 9.07. The number of amides is 1. The molecule has 0 aliphatic rings. The van der Waals surface area contributed by atoms with Crippen LogP contribution in [0.1, 0.15) is 15.9 Å². The molecule has 0 bridgehead atoms. The zero-order valence-electron chi connectivity index (χ0n) is 15.8. The summed E-state index contributed by atoms with van der Waals surface area (Å²) in [6.45, 7) is -0.284. The molecule has 0 radical (unpaired) electrons. The smallest absolute Gasteiger partial charge is 0.273 e. The molecule has 0 saturated heterocycles. The molecule has 0 fully saturated rings. The molecule has 156 valence electrons. The largest absolute Gasteiger partial charge is 0.506 e. The third-order valence-electron chi connectivity index (χ3n) is 4.59. The molecule has 0 saturated carbocycles. The van der Waals surface area contributed by atoms with Gasteiger partial charge >= 0.3 is 0 Å². The van der Waals surface area contributed by atoms with Gasteiger partial charge in [0, 0.05) is 18.8 Å². The van der Waals surface area contributed by atoms with Gasteiger partial charge < -0.3 is 10.4 Å². The molecule has 4 aromatic rings. The van der Waals surface area contributed by atoms with Crippen molar-refractivity contribution in [3.05, 3.63) is 99.7 Å². The molecule has 0 atom stereocenters. The van der Waals surface area contributed by atoms with Crippen LogP contribution in [0.25, 0.3) is 16.7 Å². The summed E-state index contributed by atoms with van der Waals surface area (Å²) >= 11 is 0. The maximum absolute atomic E-state index is 13.4.